The molecule has 0 aliphatic carbocycles. The third-order valence-electron chi connectivity index (χ3n) is 3.17. The fourth-order valence-electron chi connectivity index (χ4n) is 2.18. The number of nitrogens with zero attached hydrogens (tertiary/aromatic N) is 2. The number of ether oxygens (including phenoxy) is 2. The van der Waals surface area contributed by atoms with Gasteiger partial charge in [-0.25, -0.2) is 4.68 Å². The summed E-state index contributed by atoms with van der Waals surface area (Å²) < 4.78 is 13.8. The molecule has 0 radical (unpaired) electrons. The van der Waals surface area contributed by atoms with Crippen LogP contribution in [0.3, 0.4) is 0 Å². The lowest BCUT2D eigenvalue weighted by Gasteiger charge is -2.16. The number of aromatic nitrogens is 3. The van der Waals surface area contributed by atoms with Crippen molar-refractivity contribution in [1.82, 2.24) is 14.9 Å². The van der Waals surface area contributed by atoms with E-state index in [4.69, 9.17) is 21.7 Å². The summed E-state index contributed by atoms with van der Waals surface area (Å²) in [5, 5.41) is 6.97. The summed E-state index contributed by atoms with van der Waals surface area (Å²) in [7, 11) is 0. The van der Waals surface area contributed by atoms with Crippen LogP contribution in [-0.2, 0) is 13.0 Å². The van der Waals surface area contributed by atoms with Gasteiger partial charge in [0.05, 0.1) is 19.3 Å². The summed E-state index contributed by atoms with van der Waals surface area (Å²) in [5.41, 5.74) is 4.36. The number of aryl methyl sites for hydroxylation is 1. The molecule has 1 heterocycles. The normalized spacial score (nSPS) is 10.8. The standard InChI is InChI=1S/C16H24N4O2S/c1-5-15-18-19-16(23)20(15)17-10-12-7-8-13(22-11(3)4)14(9-12)21-6-2/h7-9,11,17H,5-6,10H2,1-4H3,(H,19,23). The fraction of sp³-hybridized carbons (Fsp3) is 0.500. The molecule has 6 nitrogen and oxygen atoms in total. The number of rotatable bonds is 8. The van der Waals surface area contributed by atoms with Crippen LogP contribution in [0.4, 0.5) is 0 Å². The molecule has 0 saturated heterocycles. The lowest BCUT2D eigenvalue weighted by molar-refractivity contribution is 0.223. The monoisotopic (exact) mass is 336 g/mol. The first-order valence-corrected chi connectivity index (χ1v) is 8.28. The van der Waals surface area contributed by atoms with Crippen molar-refractivity contribution in [3.63, 3.8) is 0 Å². The van der Waals surface area contributed by atoms with E-state index in [-0.39, 0.29) is 6.10 Å². The third kappa shape index (κ3) is 4.48. The van der Waals surface area contributed by atoms with Gasteiger partial charge in [-0.2, -0.15) is 5.10 Å². The van der Waals surface area contributed by atoms with Crippen LogP contribution in [-0.4, -0.2) is 27.6 Å². The van der Waals surface area contributed by atoms with Crippen LogP contribution >= 0.6 is 12.2 Å². The smallest absolute Gasteiger partial charge is 0.214 e. The minimum absolute atomic E-state index is 0.106. The summed E-state index contributed by atoms with van der Waals surface area (Å²) in [6, 6.07) is 5.95. The maximum Gasteiger partial charge on any atom is 0.214 e. The molecule has 126 valence electrons. The molecule has 0 aliphatic heterocycles. The predicted molar refractivity (Wildman–Crippen MR) is 93.2 cm³/mol. The molecule has 2 aromatic rings. The Labute approximate surface area is 141 Å². The van der Waals surface area contributed by atoms with Crippen LogP contribution in [0.15, 0.2) is 18.2 Å². The fourth-order valence-corrected chi connectivity index (χ4v) is 2.40. The maximum atomic E-state index is 5.78. The molecule has 0 atom stereocenters. The molecule has 0 aliphatic rings. The second kappa shape index (κ2) is 8.01. The highest BCUT2D eigenvalue weighted by Gasteiger charge is 2.09. The molecule has 1 aromatic heterocycles. The van der Waals surface area contributed by atoms with Gasteiger partial charge in [0.25, 0.3) is 0 Å². The molecule has 2 rings (SSSR count). The Hall–Kier alpha value is -2.02. The van der Waals surface area contributed by atoms with E-state index in [2.05, 4.69) is 15.6 Å². The number of aromatic amines is 1. The molecule has 0 spiro atoms. The number of hydrogen-bond acceptors (Lipinski definition) is 5. The maximum absolute atomic E-state index is 5.78. The van der Waals surface area contributed by atoms with Crippen LogP contribution in [0, 0.1) is 4.77 Å². The highest BCUT2D eigenvalue weighted by Crippen LogP contribution is 2.29. The summed E-state index contributed by atoms with van der Waals surface area (Å²) in [6.07, 6.45) is 0.903. The van der Waals surface area contributed by atoms with Crippen molar-refractivity contribution in [1.29, 1.82) is 0 Å². The largest absolute Gasteiger partial charge is 0.490 e. The highest BCUT2D eigenvalue weighted by atomic mass is 32.1. The molecule has 0 unspecified atom stereocenters. The number of H-pyrrole nitrogens is 1. The van der Waals surface area contributed by atoms with Crippen molar-refractivity contribution in [2.24, 2.45) is 0 Å². The van der Waals surface area contributed by atoms with Gasteiger partial charge >= 0.3 is 0 Å². The Balaban J connectivity index is 2.15. The van der Waals surface area contributed by atoms with Crippen molar-refractivity contribution >= 4 is 12.2 Å². The molecule has 0 amide bonds. The second-order valence-corrected chi connectivity index (χ2v) is 5.74. The van der Waals surface area contributed by atoms with Crippen LogP contribution in [0.1, 0.15) is 39.1 Å². The Morgan fingerprint density at radius 1 is 1.30 bits per heavy atom. The zero-order chi connectivity index (χ0) is 16.8. The lowest BCUT2D eigenvalue weighted by Crippen LogP contribution is -2.17. The van der Waals surface area contributed by atoms with Crippen LogP contribution in [0.25, 0.3) is 0 Å². The number of benzene rings is 1. The van der Waals surface area contributed by atoms with Crippen LogP contribution in [0.5, 0.6) is 11.5 Å². The predicted octanol–water partition coefficient (Wildman–Crippen LogP) is 3.43. The molecular weight excluding hydrogens is 312 g/mol. The van der Waals surface area contributed by atoms with E-state index in [1.54, 1.807) is 4.68 Å². The van der Waals surface area contributed by atoms with E-state index in [1.807, 2.05) is 45.9 Å². The Kier molecular flexibility index (Phi) is 6.04. The van der Waals surface area contributed by atoms with Gasteiger partial charge in [0.15, 0.2) is 17.3 Å². The summed E-state index contributed by atoms with van der Waals surface area (Å²) in [4.78, 5) is 0. The van der Waals surface area contributed by atoms with Gasteiger partial charge in [-0.15, -0.1) is 0 Å². The van der Waals surface area contributed by atoms with Gasteiger partial charge in [0, 0.05) is 6.42 Å². The van der Waals surface area contributed by atoms with Crippen molar-refractivity contribution in [3.05, 3.63) is 34.4 Å². The zero-order valence-electron chi connectivity index (χ0n) is 14.0. The summed E-state index contributed by atoms with van der Waals surface area (Å²) in [5.74, 6) is 2.39. The topological polar surface area (TPSA) is 64.1 Å². The van der Waals surface area contributed by atoms with Crippen molar-refractivity contribution in [2.75, 3.05) is 12.0 Å². The Bertz CT molecular complexity index is 694. The van der Waals surface area contributed by atoms with E-state index >= 15 is 0 Å². The van der Waals surface area contributed by atoms with E-state index in [0.717, 1.165) is 29.3 Å². The summed E-state index contributed by atoms with van der Waals surface area (Å²) >= 11 is 5.23. The molecule has 2 N–H and O–H groups in total. The first kappa shape index (κ1) is 17.3. The molecule has 0 saturated carbocycles. The first-order chi connectivity index (χ1) is 11.0. The van der Waals surface area contributed by atoms with E-state index in [0.29, 0.717) is 17.9 Å². The average Bonchev–Trinajstić information content (AvgIpc) is 2.87. The highest BCUT2D eigenvalue weighted by molar-refractivity contribution is 7.71. The van der Waals surface area contributed by atoms with Gasteiger partial charge in [-0.05, 0) is 50.7 Å². The van der Waals surface area contributed by atoms with Crippen molar-refractivity contribution in [2.45, 2.75) is 46.8 Å². The number of nitrogens with one attached hydrogen (secondary N) is 2. The summed E-state index contributed by atoms with van der Waals surface area (Å²) in [6.45, 7) is 9.20. The molecule has 23 heavy (non-hydrogen) atoms. The number of hydrogen-bond donors (Lipinski definition) is 2. The van der Waals surface area contributed by atoms with E-state index in [1.165, 1.54) is 0 Å². The Morgan fingerprint density at radius 3 is 2.74 bits per heavy atom. The van der Waals surface area contributed by atoms with Crippen molar-refractivity contribution in [3.8, 4) is 11.5 Å². The van der Waals surface area contributed by atoms with Gasteiger partial charge in [-0.3, -0.25) is 5.10 Å². The van der Waals surface area contributed by atoms with Crippen LogP contribution < -0.4 is 14.9 Å². The molecule has 1 aromatic carbocycles. The third-order valence-corrected chi connectivity index (χ3v) is 3.44. The van der Waals surface area contributed by atoms with E-state index < -0.39 is 0 Å². The minimum Gasteiger partial charge on any atom is -0.490 e. The Morgan fingerprint density at radius 2 is 2.09 bits per heavy atom. The van der Waals surface area contributed by atoms with Gasteiger partial charge in [0.1, 0.15) is 0 Å². The van der Waals surface area contributed by atoms with Gasteiger partial charge in [0.2, 0.25) is 4.77 Å². The van der Waals surface area contributed by atoms with Gasteiger partial charge in [-0.1, -0.05) is 13.0 Å². The SMILES string of the molecule is CCOc1cc(CNn2c(CC)n[nH]c2=S)ccc1OC(C)C. The molecule has 0 fully saturated rings. The zero-order valence-corrected chi connectivity index (χ0v) is 14.9. The minimum atomic E-state index is 0.106. The molecule has 0 bridgehead atoms. The average molecular weight is 336 g/mol. The molecule has 7 heteroatoms. The second-order valence-electron chi connectivity index (χ2n) is 5.35. The lowest BCUT2D eigenvalue weighted by atomic mass is 10.2. The van der Waals surface area contributed by atoms with E-state index in [9.17, 15) is 0 Å². The quantitative estimate of drug-likeness (QED) is 0.723. The van der Waals surface area contributed by atoms with Gasteiger partial charge < -0.3 is 14.9 Å². The first-order valence-electron chi connectivity index (χ1n) is 7.87. The van der Waals surface area contributed by atoms with Crippen molar-refractivity contribution < 1.29 is 9.47 Å². The van der Waals surface area contributed by atoms with Crippen LogP contribution in [0.2, 0.25) is 0 Å². The molecular formula is C16H24N4O2S.